The topological polar surface area (TPSA) is 59.9 Å². The number of nitrogens with one attached hydrogen (secondary N) is 1. The SMILES string of the molecule is Cc1ccc(CSc2nnc3c(n2)O[C@H](c2cc(C)ccc2C)Nc2ccccc2-3)cc1. The number of thioether (sulfide) groups is 1. The van der Waals surface area contributed by atoms with Gasteiger partial charge in [0.15, 0.2) is 11.9 Å². The molecular weight excluding hydrogens is 416 g/mol. The first-order chi connectivity index (χ1) is 15.6. The van der Waals surface area contributed by atoms with Gasteiger partial charge in [-0.25, -0.2) is 0 Å². The largest absolute Gasteiger partial charge is 0.448 e. The van der Waals surface area contributed by atoms with Crippen LogP contribution in [-0.2, 0) is 5.75 Å². The Balaban J connectivity index is 1.50. The quantitative estimate of drug-likeness (QED) is 0.378. The first-order valence-corrected chi connectivity index (χ1v) is 11.6. The van der Waals surface area contributed by atoms with Gasteiger partial charge in [-0.05, 0) is 38.0 Å². The zero-order valence-electron chi connectivity index (χ0n) is 18.3. The molecule has 0 spiro atoms. The van der Waals surface area contributed by atoms with Gasteiger partial charge in [0, 0.05) is 22.6 Å². The number of benzene rings is 3. The van der Waals surface area contributed by atoms with E-state index in [0.717, 1.165) is 28.1 Å². The number of rotatable bonds is 4. The van der Waals surface area contributed by atoms with Crippen LogP contribution in [0.2, 0.25) is 0 Å². The molecule has 0 fully saturated rings. The second kappa shape index (κ2) is 8.63. The lowest BCUT2D eigenvalue weighted by molar-refractivity contribution is 0.224. The standard InChI is InChI=1S/C26H24N4OS/c1-16-9-12-19(13-10-16)15-32-26-28-25-23(29-30-26)20-6-4-5-7-22(20)27-24(31-25)21-14-17(2)8-11-18(21)3/h4-14,24,27H,15H2,1-3H3/t24-/m1/s1. The van der Waals surface area contributed by atoms with E-state index in [-0.39, 0.29) is 6.23 Å². The van der Waals surface area contributed by atoms with Crippen molar-refractivity contribution in [2.24, 2.45) is 0 Å². The van der Waals surface area contributed by atoms with Crippen LogP contribution in [0.5, 0.6) is 5.88 Å². The van der Waals surface area contributed by atoms with Gasteiger partial charge >= 0.3 is 0 Å². The summed E-state index contributed by atoms with van der Waals surface area (Å²) in [5, 5.41) is 13.0. The Hall–Kier alpha value is -3.38. The fourth-order valence-corrected chi connectivity index (χ4v) is 4.46. The van der Waals surface area contributed by atoms with Crippen LogP contribution in [0.25, 0.3) is 11.3 Å². The van der Waals surface area contributed by atoms with Crippen LogP contribution in [0.3, 0.4) is 0 Å². The molecule has 0 saturated carbocycles. The highest BCUT2D eigenvalue weighted by atomic mass is 32.2. The molecule has 160 valence electrons. The van der Waals surface area contributed by atoms with E-state index < -0.39 is 0 Å². The highest BCUT2D eigenvalue weighted by molar-refractivity contribution is 7.98. The predicted octanol–water partition coefficient (Wildman–Crippen LogP) is 6.26. The summed E-state index contributed by atoms with van der Waals surface area (Å²) < 4.78 is 6.43. The molecule has 0 amide bonds. The summed E-state index contributed by atoms with van der Waals surface area (Å²) in [7, 11) is 0. The van der Waals surface area contributed by atoms with Gasteiger partial charge in [-0.15, -0.1) is 10.2 Å². The van der Waals surface area contributed by atoms with Crippen molar-refractivity contribution >= 4 is 17.4 Å². The molecule has 0 radical (unpaired) electrons. The van der Waals surface area contributed by atoms with Crippen LogP contribution in [0.1, 0.15) is 34.0 Å². The molecule has 2 heterocycles. The number of hydrogen-bond acceptors (Lipinski definition) is 6. The van der Waals surface area contributed by atoms with E-state index in [2.05, 4.69) is 78.7 Å². The second-order valence-corrected chi connectivity index (χ2v) is 9.01. The summed E-state index contributed by atoms with van der Waals surface area (Å²) in [5.41, 5.74) is 8.44. The monoisotopic (exact) mass is 440 g/mol. The van der Waals surface area contributed by atoms with Gasteiger partial charge in [0.25, 0.3) is 0 Å². The molecule has 4 aromatic rings. The van der Waals surface area contributed by atoms with Crippen molar-refractivity contribution < 1.29 is 4.74 Å². The molecule has 32 heavy (non-hydrogen) atoms. The van der Waals surface area contributed by atoms with Gasteiger partial charge in [-0.3, -0.25) is 0 Å². The Bertz CT molecular complexity index is 1270. The predicted molar refractivity (Wildman–Crippen MR) is 129 cm³/mol. The molecule has 1 aliphatic heterocycles. The van der Waals surface area contributed by atoms with Crippen LogP contribution >= 0.6 is 11.8 Å². The van der Waals surface area contributed by atoms with Crippen molar-refractivity contribution in [3.8, 4) is 17.1 Å². The average Bonchev–Trinajstić information content (AvgIpc) is 2.96. The third-order valence-corrected chi connectivity index (χ3v) is 6.45. The Morgan fingerprint density at radius 2 is 1.69 bits per heavy atom. The molecular formula is C26H24N4OS. The van der Waals surface area contributed by atoms with E-state index >= 15 is 0 Å². The van der Waals surface area contributed by atoms with Crippen molar-refractivity contribution in [1.82, 2.24) is 15.2 Å². The summed E-state index contributed by atoms with van der Waals surface area (Å²) >= 11 is 1.56. The average molecular weight is 441 g/mol. The number of nitrogens with zero attached hydrogens (tertiary/aromatic N) is 3. The maximum atomic E-state index is 6.43. The zero-order valence-corrected chi connectivity index (χ0v) is 19.1. The zero-order chi connectivity index (χ0) is 22.1. The summed E-state index contributed by atoms with van der Waals surface area (Å²) in [5.74, 6) is 1.27. The van der Waals surface area contributed by atoms with Crippen LogP contribution in [0.4, 0.5) is 5.69 Å². The molecule has 1 aromatic heterocycles. The third-order valence-electron chi connectivity index (χ3n) is 5.54. The lowest BCUT2D eigenvalue weighted by atomic mass is 10.0. The van der Waals surface area contributed by atoms with Gasteiger partial charge < -0.3 is 10.1 Å². The summed E-state index contributed by atoms with van der Waals surface area (Å²) in [6.45, 7) is 6.27. The van der Waals surface area contributed by atoms with Crippen molar-refractivity contribution in [2.45, 2.75) is 37.9 Å². The molecule has 0 unspecified atom stereocenters. The molecule has 5 rings (SSSR count). The van der Waals surface area contributed by atoms with E-state index in [1.807, 2.05) is 24.3 Å². The first kappa shape index (κ1) is 20.5. The maximum Gasteiger partial charge on any atom is 0.247 e. The minimum atomic E-state index is -0.371. The Morgan fingerprint density at radius 1 is 0.906 bits per heavy atom. The number of anilines is 1. The smallest absolute Gasteiger partial charge is 0.247 e. The molecule has 5 nitrogen and oxygen atoms in total. The number of aromatic nitrogens is 3. The van der Waals surface area contributed by atoms with Crippen molar-refractivity contribution in [1.29, 1.82) is 0 Å². The van der Waals surface area contributed by atoms with Crippen molar-refractivity contribution in [3.05, 3.63) is 94.5 Å². The number of hydrogen-bond donors (Lipinski definition) is 1. The fraction of sp³-hybridized carbons (Fsp3) is 0.192. The number of fused-ring (bicyclic) bond motifs is 3. The normalized spacial score (nSPS) is 14.5. The van der Waals surface area contributed by atoms with Crippen LogP contribution in [-0.4, -0.2) is 15.2 Å². The molecule has 3 aromatic carbocycles. The van der Waals surface area contributed by atoms with Crippen molar-refractivity contribution in [2.75, 3.05) is 5.32 Å². The van der Waals surface area contributed by atoms with Gasteiger partial charge in [0.05, 0.1) is 0 Å². The van der Waals surface area contributed by atoms with Gasteiger partial charge in [-0.1, -0.05) is 83.6 Å². The molecule has 1 aliphatic rings. The number of aryl methyl sites for hydroxylation is 3. The maximum absolute atomic E-state index is 6.43. The van der Waals surface area contributed by atoms with E-state index in [1.165, 1.54) is 16.7 Å². The summed E-state index contributed by atoms with van der Waals surface area (Å²) in [6.07, 6.45) is -0.371. The van der Waals surface area contributed by atoms with Gasteiger partial charge in [-0.2, -0.15) is 4.98 Å². The fourth-order valence-electron chi connectivity index (χ4n) is 3.72. The third kappa shape index (κ3) is 4.18. The lowest BCUT2D eigenvalue weighted by Crippen LogP contribution is -2.18. The van der Waals surface area contributed by atoms with E-state index in [9.17, 15) is 0 Å². The molecule has 1 atom stereocenters. The lowest BCUT2D eigenvalue weighted by Gasteiger charge is -2.21. The Kier molecular flexibility index (Phi) is 5.53. The Labute approximate surface area is 192 Å². The molecule has 1 N–H and O–H groups in total. The van der Waals surface area contributed by atoms with Crippen LogP contribution in [0, 0.1) is 20.8 Å². The summed E-state index contributed by atoms with van der Waals surface area (Å²) in [4.78, 5) is 4.76. The van der Waals surface area contributed by atoms with Gasteiger partial charge in [0.2, 0.25) is 11.0 Å². The highest BCUT2D eigenvalue weighted by Crippen LogP contribution is 2.40. The molecule has 6 heteroatoms. The van der Waals surface area contributed by atoms with Crippen LogP contribution in [0.15, 0.2) is 71.9 Å². The van der Waals surface area contributed by atoms with Gasteiger partial charge in [0.1, 0.15) is 0 Å². The van der Waals surface area contributed by atoms with Crippen LogP contribution < -0.4 is 10.1 Å². The molecule has 0 aliphatic carbocycles. The van der Waals surface area contributed by atoms with E-state index in [4.69, 9.17) is 9.72 Å². The minimum absolute atomic E-state index is 0.371. The van der Waals surface area contributed by atoms with E-state index in [0.29, 0.717) is 16.7 Å². The molecule has 0 saturated heterocycles. The van der Waals surface area contributed by atoms with Crippen molar-refractivity contribution in [3.63, 3.8) is 0 Å². The van der Waals surface area contributed by atoms with E-state index in [1.54, 1.807) is 11.8 Å². The summed E-state index contributed by atoms with van der Waals surface area (Å²) in [6, 6.07) is 22.9. The Morgan fingerprint density at radius 3 is 2.53 bits per heavy atom. The number of ether oxygens (including phenoxy) is 1. The number of para-hydroxylation sites is 1. The highest BCUT2D eigenvalue weighted by Gasteiger charge is 2.27. The second-order valence-electron chi connectivity index (χ2n) is 8.07. The molecule has 0 bridgehead atoms. The minimum Gasteiger partial charge on any atom is -0.448 e. The first-order valence-electron chi connectivity index (χ1n) is 10.6.